The zero-order chi connectivity index (χ0) is 21.1. The first-order chi connectivity index (χ1) is 14.5. The van der Waals surface area contributed by atoms with Crippen molar-refractivity contribution < 1.29 is 18.0 Å². The molecule has 0 aliphatic carbocycles. The van der Waals surface area contributed by atoms with E-state index in [2.05, 4.69) is 10.2 Å². The monoisotopic (exact) mass is 425 g/mol. The van der Waals surface area contributed by atoms with Crippen LogP contribution >= 0.6 is 11.8 Å². The van der Waals surface area contributed by atoms with Gasteiger partial charge in [0.1, 0.15) is 0 Å². The summed E-state index contributed by atoms with van der Waals surface area (Å²) in [6, 6.07) is 16.5. The molecule has 0 saturated carbocycles. The lowest BCUT2D eigenvalue weighted by Gasteiger charge is -2.13. The highest BCUT2D eigenvalue weighted by Crippen LogP contribution is 2.29. The highest BCUT2D eigenvalue weighted by molar-refractivity contribution is 8.00. The normalized spacial score (nSPS) is 12.1. The summed E-state index contributed by atoms with van der Waals surface area (Å²) >= 11 is 1.20. The van der Waals surface area contributed by atoms with Gasteiger partial charge in [-0.25, -0.2) is 8.78 Å². The molecule has 0 N–H and O–H groups in total. The summed E-state index contributed by atoms with van der Waals surface area (Å²) in [6.45, 7) is 2.18. The molecule has 0 aliphatic heterocycles. The van der Waals surface area contributed by atoms with Crippen LogP contribution in [0, 0.1) is 11.6 Å². The Balaban J connectivity index is 1.63. The Bertz CT molecular complexity index is 1160. The molecule has 0 saturated heterocycles. The van der Waals surface area contributed by atoms with Crippen LogP contribution in [-0.2, 0) is 6.54 Å². The van der Waals surface area contributed by atoms with Gasteiger partial charge in [0.15, 0.2) is 28.3 Å². The van der Waals surface area contributed by atoms with E-state index < -0.39 is 16.9 Å². The molecule has 2 aromatic heterocycles. The molecule has 0 fully saturated rings. The fourth-order valence-electron chi connectivity index (χ4n) is 2.97. The Morgan fingerprint density at radius 2 is 1.87 bits per heavy atom. The lowest BCUT2D eigenvalue weighted by Crippen LogP contribution is -2.15. The average Bonchev–Trinajstić information content (AvgIpc) is 3.41. The number of halogens is 2. The lowest BCUT2D eigenvalue weighted by molar-refractivity contribution is 0.0993. The third kappa shape index (κ3) is 4.18. The topological polar surface area (TPSA) is 60.9 Å². The summed E-state index contributed by atoms with van der Waals surface area (Å²) in [5.74, 6) is -1.26. The number of carbonyl (C=O) groups excluding carboxylic acids is 1. The van der Waals surface area contributed by atoms with Crippen molar-refractivity contribution in [3.8, 4) is 11.6 Å². The lowest BCUT2D eigenvalue weighted by atomic mass is 10.1. The van der Waals surface area contributed by atoms with E-state index in [-0.39, 0.29) is 11.3 Å². The van der Waals surface area contributed by atoms with Crippen molar-refractivity contribution in [2.45, 2.75) is 23.9 Å². The van der Waals surface area contributed by atoms with E-state index >= 15 is 0 Å². The fourth-order valence-corrected chi connectivity index (χ4v) is 3.89. The highest BCUT2D eigenvalue weighted by atomic mass is 32.2. The molecule has 5 nitrogen and oxygen atoms in total. The van der Waals surface area contributed by atoms with Gasteiger partial charge in [-0.15, -0.1) is 10.2 Å². The van der Waals surface area contributed by atoms with Gasteiger partial charge in [0.05, 0.1) is 18.1 Å². The number of furan rings is 1. The predicted molar refractivity (Wildman–Crippen MR) is 109 cm³/mol. The molecule has 0 bridgehead atoms. The molecular formula is C22H17F2N3O2S. The van der Waals surface area contributed by atoms with Gasteiger partial charge in [-0.1, -0.05) is 42.1 Å². The first-order valence-corrected chi connectivity index (χ1v) is 10.1. The largest absolute Gasteiger partial charge is 0.461 e. The molecule has 0 radical (unpaired) electrons. The number of rotatable bonds is 7. The summed E-state index contributed by atoms with van der Waals surface area (Å²) in [6.07, 6.45) is 1.55. The van der Waals surface area contributed by atoms with Crippen LogP contribution in [0.1, 0.15) is 22.8 Å². The molecule has 4 rings (SSSR count). The van der Waals surface area contributed by atoms with Crippen molar-refractivity contribution in [3.05, 3.63) is 89.7 Å². The molecule has 30 heavy (non-hydrogen) atoms. The minimum atomic E-state index is -1.05. The third-order valence-corrected chi connectivity index (χ3v) is 5.58. The Morgan fingerprint density at radius 1 is 1.07 bits per heavy atom. The minimum absolute atomic E-state index is 0.106. The standard InChI is InChI=1S/C22H17F2N3O2S/c1-14(20(28)16-9-10-17(23)18(24)12-16)30-22-26-25-21(19-8-5-11-29-19)27(22)13-15-6-3-2-4-7-15/h2-12,14H,13H2,1H3/t14-/m1/s1. The number of carbonyl (C=O) groups is 1. The quantitative estimate of drug-likeness (QED) is 0.300. The van der Waals surface area contributed by atoms with Gasteiger partial charge >= 0.3 is 0 Å². The molecule has 0 aliphatic rings. The number of hydrogen-bond acceptors (Lipinski definition) is 5. The predicted octanol–water partition coefficient (Wildman–Crippen LogP) is 5.23. The van der Waals surface area contributed by atoms with E-state index in [9.17, 15) is 13.6 Å². The van der Waals surface area contributed by atoms with Gasteiger partial charge in [-0.3, -0.25) is 9.36 Å². The van der Waals surface area contributed by atoms with Crippen LogP contribution in [0.4, 0.5) is 8.78 Å². The summed E-state index contributed by atoms with van der Waals surface area (Å²) < 4.78 is 34.1. The van der Waals surface area contributed by atoms with E-state index in [0.717, 1.165) is 17.7 Å². The summed E-state index contributed by atoms with van der Waals surface area (Å²) in [7, 11) is 0. The zero-order valence-corrected chi connectivity index (χ0v) is 16.8. The summed E-state index contributed by atoms with van der Waals surface area (Å²) in [5, 5.41) is 8.43. The van der Waals surface area contributed by atoms with Gasteiger partial charge in [-0.05, 0) is 42.8 Å². The van der Waals surface area contributed by atoms with Crippen LogP contribution < -0.4 is 0 Å². The van der Waals surface area contributed by atoms with Crippen LogP contribution in [0.2, 0.25) is 0 Å². The number of benzene rings is 2. The van der Waals surface area contributed by atoms with Gasteiger partial charge < -0.3 is 4.42 Å². The minimum Gasteiger partial charge on any atom is -0.461 e. The maximum atomic E-state index is 13.5. The molecular weight excluding hydrogens is 408 g/mol. The maximum Gasteiger partial charge on any atom is 0.200 e. The van der Waals surface area contributed by atoms with E-state index in [1.807, 2.05) is 34.9 Å². The van der Waals surface area contributed by atoms with E-state index in [1.165, 1.54) is 17.8 Å². The second-order valence-corrected chi connectivity index (χ2v) is 7.92. The SMILES string of the molecule is C[C@@H](Sc1nnc(-c2ccco2)n1Cc1ccccc1)C(=O)c1ccc(F)c(F)c1. The Labute approximate surface area is 175 Å². The van der Waals surface area contributed by atoms with Crippen molar-refractivity contribution in [1.82, 2.24) is 14.8 Å². The highest BCUT2D eigenvalue weighted by Gasteiger charge is 2.23. The average molecular weight is 425 g/mol. The number of ketones is 1. The van der Waals surface area contributed by atoms with Crippen molar-refractivity contribution in [2.75, 3.05) is 0 Å². The molecule has 0 spiro atoms. The Hall–Kier alpha value is -3.26. The Kier molecular flexibility index (Phi) is 5.76. The van der Waals surface area contributed by atoms with Crippen molar-refractivity contribution in [2.24, 2.45) is 0 Å². The second-order valence-electron chi connectivity index (χ2n) is 6.61. The molecule has 152 valence electrons. The van der Waals surface area contributed by atoms with Gasteiger partial charge in [-0.2, -0.15) is 0 Å². The summed E-state index contributed by atoms with van der Waals surface area (Å²) in [4.78, 5) is 12.7. The fraction of sp³-hybridized carbons (Fsp3) is 0.136. The molecule has 8 heteroatoms. The first kappa shape index (κ1) is 20.0. The van der Waals surface area contributed by atoms with Crippen LogP contribution in [-0.4, -0.2) is 25.8 Å². The van der Waals surface area contributed by atoms with Gasteiger partial charge in [0.25, 0.3) is 0 Å². The molecule has 2 heterocycles. The van der Waals surface area contributed by atoms with Crippen LogP contribution in [0.25, 0.3) is 11.6 Å². The molecule has 1 atom stereocenters. The van der Waals surface area contributed by atoms with Crippen LogP contribution in [0.3, 0.4) is 0 Å². The molecule has 2 aromatic carbocycles. The van der Waals surface area contributed by atoms with E-state index in [0.29, 0.717) is 23.3 Å². The van der Waals surface area contributed by atoms with Crippen molar-refractivity contribution >= 4 is 17.5 Å². The molecule has 0 unspecified atom stereocenters. The third-order valence-electron chi connectivity index (χ3n) is 4.50. The van der Waals surface area contributed by atoms with Crippen LogP contribution in [0.5, 0.6) is 0 Å². The maximum absolute atomic E-state index is 13.5. The Morgan fingerprint density at radius 3 is 2.57 bits per heavy atom. The van der Waals surface area contributed by atoms with E-state index in [4.69, 9.17) is 4.42 Å². The van der Waals surface area contributed by atoms with Crippen molar-refractivity contribution in [3.63, 3.8) is 0 Å². The first-order valence-electron chi connectivity index (χ1n) is 9.20. The van der Waals surface area contributed by atoms with Crippen LogP contribution in [0.15, 0.2) is 76.5 Å². The summed E-state index contributed by atoms with van der Waals surface area (Å²) in [5.41, 5.74) is 1.14. The number of nitrogens with zero attached hydrogens (tertiary/aromatic N) is 3. The number of Topliss-reactive ketones (excluding diaryl/α,β-unsaturated/α-hetero) is 1. The number of hydrogen-bond donors (Lipinski definition) is 0. The van der Waals surface area contributed by atoms with Gasteiger partial charge in [0.2, 0.25) is 5.82 Å². The number of thioether (sulfide) groups is 1. The second kappa shape index (κ2) is 8.62. The van der Waals surface area contributed by atoms with Crippen molar-refractivity contribution in [1.29, 1.82) is 0 Å². The zero-order valence-electron chi connectivity index (χ0n) is 16.0. The molecule has 4 aromatic rings. The smallest absolute Gasteiger partial charge is 0.200 e. The van der Waals surface area contributed by atoms with Gasteiger partial charge in [0, 0.05) is 5.56 Å². The van der Waals surface area contributed by atoms with E-state index in [1.54, 1.807) is 25.3 Å². The molecule has 0 amide bonds. The number of aromatic nitrogens is 3.